The molecule has 0 unspecified atom stereocenters. The highest BCUT2D eigenvalue weighted by Crippen LogP contribution is 2.31. The summed E-state index contributed by atoms with van der Waals surface area (Å²) in [5, 5.41) is 0. The van der Waals surface area contributed by atoms with Gasteiger partial charge in [-0.1, -0.05) is 6.92 Å². The number of hydrazine groups is 1. The zero-order chi connectivity index (χ0) is 13.0. The number of aromatic nitrogens is 2. The smallest absolute Gasteiger partial charge is 0.158 e. The maximum Gasteiger partial charge on any atom is 0.158 e. The molecule has 1 heterocycles. The van der Waals surface area contributed by atoms with Crippen LogP contribution in [0.5, 0.6) is 0 Å². The molecule has 0 atom stereocenters. The zero-order valence-corrected chi connectivity index (χ0v) is 11.0. The predicted octanol–water partition coefficient (Wildman–Crippen LogP) is 1.29. The van der Waals surface area contributed by atoms with Crippen LogP contribution in [0.1, 0.15) is 32.0 Å². The van der Waals surface area contributed by atoms with Crippen molar-refractivity contribution in [3.63, 3.8) is 0 Å². The maximum absolute atomic E-state index is 5.45. The molecule has 1 aliphatic rings. The normalized spacial score (nSPS) is 14.6. The number of rotatable bonds is 7. The molecule has 0 saturated heterocycles. The number of nitrogen functional groups attached to an aromatic ring is 1. The fraction of sp³-hybridized carbons (Fsp3) is 0.667. The molecule has 0 aliphatic heterocycles. The van der Waals surface area contributed by atoms with Gasteiger partial charge in [0.05, 0.1) is 0 Å². The molecule has 6 nitrogen and oxygen atoms in total. The van der Waals surface area contributed by atoms with Crippen LogP contribution in [-0.4, -0.2) is 29.7 Å². The van der Waals surface area contributed by atoms with Crippen LogP contribution in [0.4, 0.5) is 11.6 Å². The number of methoxy groups -OCH3 is 1. The van der Waals surface area contributed by atoms with Crippen molar-refractivity contribution in [2.45, 2.75) is 38.8 Å². The molecular weight excluding hydrogens is 230 g/mol. The third kappa shape index (κ3) is 3.08. The van der Waals surface area contributed by atoms with Gasteiger partial charge in [-0.05, 0) is 19.3 Å². The van der Waals surface area contributed by atoms with Crippen molar-refractivity contribution in [1.82, 2.24) is 9.97 Å². The largest absolute Gasteiger partial charge is 0.377 e. The molecule has 3 N–H and O–H groups in total. The average molecular weight is 251 g/mol. The highest BCUT2D eigenvalue weighted by atomic mass is 16.5. The first kappa shape index (κ1) is 13.0. The van der Waals surface area contributed by atoms with Crippen molar-refractivity contribution in [2.75, 3.05) is 24.0 Å². The van der Waals surface area contributed by atoms with Crippen molar-refractivity contribution in [3.05, 3.63) is 11.9 Å². The Hall–Kier alpha value is -1.40. The lowest BCUT2D eigenvalue weighted by molar-refractivity contribution is 0.178. The highest BCUT2D eigenvalue weighted by molar-refractivity contribution is 5.50. The average Bonchev–Trinajstić information content (AvgIpc) is 3.20. The van der Waals surface area contributed by atoms with Crippen molar-refractivity contribution in [3.8, 4) is 0 Å². The fourth-order valence-electron chi connectivity index (χ4n) is 2.01. The van der Waals surface area contributed by atoms with Crippen LogP contribution in [0.3, 0.4) is 0 Å². The molecule has 0 radical (unpaired) electrons. The molecular formula is C12H21N5O. The van der Waals surface area contributed by atoms with E-state index in [0.717, 1.165) is 18.8 Å². The Balaban J connectivity index is 2.25. The van der Waals surface area contributed by atoms with E-state index >= 15 is 0 Å². The molecule has 2 rings (SSSR count). The number of nitrogens with two attached hydrogens (primary N) is 1. The lowest BCUT2D eigenvalue weighted by Gasteiger charge is -2.23. The minimum atomic E-state index is 0.396. The van der Waals surface area contributed by atoms with E-state index in [0.29, 0.717) is 24.3 Å². The number of nitrogens with zero attached hydrogens (tertiary/aromatic N) is 3. The lowest BCUT2D eigenvalue weighted by atomic mass is 10.3. The monoisotopic (exact) mass is 251 g/mol. The molecule has 1 fully saturated rings. The number of hydrogen-bond acceptors (Lipinski definition) is 6. The van der Waals surface area contributed by atoms with E-state index in [1.165, 1.54) is 12.8 Å². The molecule has 1 saturated carbocycles. The van der Waals surface area contributed by atoms with Gasteiger partial charge in [-0.2, -0.15) is 0 Å². The molecule has 0 amide bonds. The molecule has 0 aromatic carbocycles. The molecule has 18 heavy (non-hydrogen) atoms. The van der Waals surface area contributed by atoms with Crippen molar-refractivity contribution in [2.24, 2.45) is 5.84 Å². The molecule has 0 bridgehead atoms. The summed E-state index contributed by atoms with van der Waals surface area (Å²) in [6.45, 7) is 3.58. The molecule has 1 aliphatic carbocycles. The minimum absolute atomic E-state index is 0.396. The summed E-state index contributed by atoms with van der Waals surface area (Å²) in [7, 11) is 1.64. The molecule has 6 heteroatoms. The lowest BCUT2D eigenvalue weighted by Crippen LogP contribution is -2.28. The number of nitrogens with one attached hydrogen (secondary N) is 1. The summed E-state index contributed by atoms with van der Waals surface area (Å²) in [6, 6.07) is 2.52. The van der Waals surface area contributed by atoms with E-state index in [4.69, 9.17) is 10.6 Å². The van der Waals surface area contributed by atoms with E-state index in [1.807, 2.05) is 6.07 Å². The maximum atomic E-state index is 5.45. The second-order valence-electron chi connectivity index (χ2n) is 4.53. The van der Waals surface area contributed by atoms with Crippen LogP contribution in [-0.2, 0) is 11.3 Å². The summed E-state index contributed by atoms with van der Waals surface area (Å²) in [5.41, 5.74) is 2.59. The molecule has 1 aromatic rings. The van der Waals surface area contributed by atoms with Crippen molar-refractivity contribution >= 4 is 11.6 Å². The first-order valence-corrected chi connectivity index (χ1v) is 6.38. The summed E-state index contributed by atoms with van der Waals surface area (Å²) >= 11 is 0. The van der Waals surface area contributed by atoms with E-state index in [-0.39, 0.29) is 0 Å². The van der Waals surface area contributed by atoms with Gasteiger partial charge >= 0.3 is 0 Å². The van der Waals surface area contributed by atoms with Crippen LogP contribution in [0, 0.1) is 0 Å². The second-order valence-corrected chi connectivity index (χ2v) is 4.53. The third-order valence-electron chi connectivity index (χ3n) is 2.93. The first-order valence-electron chi connectivity index (χ1n) is 6.38. The van der Waals surface area contributed by atoms with E-state index in [9.17, 15) is 0 Å². The minimum Gasteiger partial charge on any atom is -0.377 e. The van der Waals surface area contributed by atoms with E-state index < -0.39 is 0 Å². The highest BCUT2D eigenvalue weighted by Gasteiger charge is 2.29. The first-order chi connectivity index (χ1) is 8.78. The van der Waals surface area contributed by atoms with Crippen molar-refractivity contribution in [1.29, 1.82) is 0 Å². The van der Waals surface area contributed by atoms with E-state index in [1.54, 1.807) is 7.11 Å². The van der Waals surface area contributed by atoms with Gasteiger partial charge in [0, 0.05) is 25.8 Å². The number of hydrogen-bond donors (Lipinski definition) is 2. The Morgan fingerprint density at radius 3 is 2.83 bits per heavy atom. The van der Waals surface area contributed by atoms with E-state index in [2.05, 4.69) is 27.2 Å². The molecule has 0 spiro atoms. The Bertz CT molecular complexity index is 394. The van der Waals surface area contributed by atoms with Crippen LogP contribution >= 0.6 is 0 Å². The Morgan fingerprint density at radius 2 is 2.28 bits per heavy atom. The van der Waals surface area contributed by atoms with Gasteiger partial charge in [0.25, 0.3) is 0 Å². The SMILES string of the molecule is CCCN(c1cc(NN)nc(COC)n1)C1CC1. The quantitative estimate of drug-likeness (QED) is 0.561. The Morgan fingerprint density at radius 1 is 1.50 bits per heavy atom. The zero-order valence-electron chi connectivity index (χ0n) is 11.0. The predicted molar refractivity (Wildman–Crippen MR) is 71.2 cm³/mol. The van der Waals surface area contributed by atoms with Gasteiger partial charge < -0.3 is 15.1 Å². The van der Waals surface area contributed by atoms with Gasteiger partial charge in [-0.3, -0.25) is 0 Å². The van der Waals surface area contributed by atoms with Crippen LogP contribution in [0.15, 0.2) is 6.07 Å². The standard InChI is InChI=1S/C12H21N5O/c1-3-6-17(9-4-5-9)12-7-10(16-13)14-11(15-12)8-18-2/h7,9H,3-6,8,13H2,1-2H3,(H,14,15,16). The number of anilines is 2. The van der Waals surface area contributed by atoms with Crippen LogP contribution in [0.2, 0.25) is 0 Å². The van der Waals surface area contributed by atoms with Crippen molar-refractivity contribution < 1.29 is 4.74 Å². The number of ether oxygens (including phenoxy) is 1. The van der Waals surface area contributed by atoms with Gasteiger partial charge in [0.1, 0.15) is 18.2 Å². The van der Waals surface area contributed by atoms with Gasteiger partial charge in [0.2, 0.25) is 0 Å². The fourth-order valence-corrected chi connectivity index (χ4v) is 2.01. The summed E-state index contributed by atoms with van der Waals surface area (Å²) in [4.78, 5) is 11.1. The third-order valence-corrected chi connectivity index (χ3v) is 2.93. The molecule has 1 aromatic heterocycles. The van der Waals surface area contributed by atoms with Gasteiger partial charge in [-0.25, -0.2) is 15.8 Å². The van der Waals surface area contributed by atoms with Gasteiger partial charge in [0.15, 0.2) is 5.82 Å². The summed E-state index contributed by atoms with van der Waals surface area (Å²) in [6.07, 6.45) is 3.59. The topological polar surface area (TPSA) is 76.3 Å². The molecule has 100 valence electrons. The Labute approximate surface area is 108 Å². The summed E-state index contributed by atoms with van der Waals surface area (Å²) < 4.78 is 5.09. The Kier molecular flexibility index (Phi) is 4.33. The van der Waals surface area contributed by atoms with Crippen LogP contribution in [0.25, 0.3) is 0 Å². The summed E-state index contributed by atoms with van der Waals surface area (Å²) in [5.74, 6) is 7.68. The second kappa shape index (κ2) is 5.97. The van der Waals surface area contributed by atoms with Gasteiger partial charge in [-0.15, -0.1) is 0 Å². The van der Waals surface area contributed by atoms with Crippen LogP contribution < -0.4 is 16.2 Å².